The summed E-state index contributed by atoms with van der Waals surface area (Å²) in [5.74, 6) is 1.48. The second-order valence-corrected chi connectivity index (χ2v) is 8.92. The molecule has 1 saturated heterocycles. The van der Waals surface area contributed by atoms with Crippen molar-refractivity contribution in [2.24, 2.45) is 0 Å². The zero-order valence-corrected chi connectivity index (χ0v) is 16.5. The number of hydrogen-bond donors (Lipinski definition) is 1. The number of H-pyrrole nitrogens is 1. The normalized spacial score (nSPS) is 16.2. The standard InChI is InChI=1S/C16H20N6O3S2/c1-2-22-14-4-3-12(27(23,24)21-5-7-25-8-6-21)9-13(14)19-15(22)10-26-16-17-11-18-20-16/h3-4,9,11H,2,5-8,10H2,1H3,(H,17,18,20). The van der Waals surface area contributed by atoms with Gasteiger partial charge in [-0.2, -0.15) is 9.40 Å². The number of imidazole rings is 1. The lowest BCUT2D eigenvalue weighted by molar-refractivity contribution is 0.0730. The van der Waals surface area contributed by atoms with E-state index in [9.17, 15) is 8.42 Å². The number of fused-ring (bicyclic) bond motifs is 1. The van der Waals surface area contributed by atoms with E-state index < -0.39 is 10.0 Å². The van der Waals surface area contributed by atoms with Crippen molar-refractivity contribution in [3.8, 4) is 0 Å². The van der Waals surface area contributed by atoms with Crippen molar-refractivity contribution in [3.05, 3.63) is 30.4 Å². The lowest BCUT2D eigenvalue weighted by Gasteiger charge is -2.26. The third kappa shape index (κ3) is 3.59. The maximum Gasteiger partial charge on any atom is 0.243 e. The number of morpholine rings is 1. The number of sulfonamides is 1. The number of aromatic amines is 1. The van der Waals surface area contributed by atoms with Crippen LogP contribution in [0, 0.1) is 0 Å². The van der Waals surface area contributed by atoms with E-state index in [2.05, 4.69) is 24.7 Å². The van der Waals surface area contributed by atoms with E-state index in [0.717, 1.165) is 23.0 Å². The molecule has 0 radical (unpaired) electrons. The van der Waals surface area contributed by atoms with E-state index in [4.69, 9.17) is 4.74 Å². The summed E-state index contributed by atoms with van der Waals surface area (Å²) in [6.07, 6.45) is 1.47. The third-order valence-electron chi connectivity index (χ3n) is 4.45. The van der Waals surface area contributed by atoms with Crippen LogP contribution < -0.4 is 0 Å². The number of benzene rings is 1. The summed E-state index contributed by atoms with van der Waals surface area (Å²) >= 11 is 1.50. The summed E-state index contributed by atoms with van der Waals surface area (Å²) < 4.78 is 34.6. The first-order valence-electron chi connectivity index (χ1n) is 8.65. The van der Waals surface area contributed by atoms with Gasteiger partial charge in [-0.1, -0.05) is 11.8 Å². The topological polar surface area (TPSA) is 106 Å². The van der Waals surface area contributed by atoms with Gasteiger partial charge in [0.05, 0.1) is 34.9 Å². The molecule has 27 heavy (non-hydrogen) atoms. The predicted molar refractivity (Wildman–Crippen MR) is 101 cm³/mol. The first-order valence-corrected chi connectivity index (χ1v) is 11.1. The fraction of sp³-hybridized carbons (Fsp3) is 0.438. The predicted octanol–water partition coefficient (Wildman–Crippen LogP) is 1.49. The monoisotopic (exact) mass is 408 g/mol. The Labute approximate surface area is 161 Å². The molecule has 3 heterocycles. The average Bonchev–Trinajstić information content (AvgIpc) is 3.33. The molecular formula is C16H20N6O3S2. The van der Waals surface area contributed by atoms with Gasteiger partial charge in [0.25, 0.3) is 0 Å². The summed E-state index contributed by atoms with van der Waals surface area (Å²) in [5.41, 5.74) is 1.60. The van der Waals surface area contributed by atoms with Gasteiger partial charge in [-0.15, -0.1) is 0 Å². The molecule has 0 atom stereocenters. The number of thioether (sulfide) groups is 1. The zero-order chi connectivity index (χ0) is 18.9. The van der Waals surface area contributed by atoms with Crippen molar-refractivity contribution in [2.75, 3.05) is 26.3 Å². The van der Waals surface area contributed by atoms with Crippen LogP contribution in [0.4, 0.5) is 0 Å². The second-order valence-electron chi connectivity index (χ2n) is 6.02. The summed E-state index contributed by atoms with van der Waals surface area (Å²) in [6, 6.07) is 5.16. The Morgan fingerprint density at radius 3 is 2.81 bits per heavy atom. The average molecular weight is 409 g/mol. The van der Waals surface area contributed by atoms with Crippen molar-refractivity contribution in [2.45, 2.75) is 29.3 Å². The third-order valence-corrected chi connectivity index (χ3v) is 7.22. The smallest absolute Gasteiger partial charge is 0.243 e. The van der Waals surface area contributed by atoms with Gasteiger partial charge in [0, 0.05) is 19.6 Å². The number of rotatable bonds is 6. The number of hydrogen-bond acceptors (Lipinski definition) is 7. The Hall–Kier alpha value is -1.95. The van der Waals surface area contributed by atoms with Crippen LogP contribution in [0.5, 0.6) is 0 Å². The number of aryl methyl sites for hydroxylation is 1. The molecule has 1 aromatic carbocycles. The second kappa shape index (κ2) is 7.58. The Bertz CT molecular complexity index is 1030. The van der Waals surface area contributed by atoms with E-state index in [1.807, 2.05) is 13.0 Å². The van der Waals surface area contributed by atoms with E-state index in [0.29, 0.717) is 37.6 Å². The molecule has 0 unspecified atom stereocenters. The number of aromatic nitrogens is 5. The van der Waals surface area contributed by atoms with Crippen LogP contribution in [-0.2, 0) is 27.1 Å². The number of nitrogens with zero attached hydrogens (tertiary/aromatic N) is 5. The van der Waals surface area contributed by atoms with Gasteiger partial charge in [-0.3, -0.25) is 5.10 Å². The van der Waals surface area contributed by atoms with Crippen molar-refractivity contribution in [3.63, 3.8) is 0 Å². The van der Waals surface area contributed by atoms with Crippen LogP contribution in [0.1, 0.15) is 12.7 Å². The molecule has 1 fully saturated rings. The largest absolute Gasteiger partial charge is 0.379 e. The number of nitrogens with one attached hydrogen (secondary N) is 1. The Kier molecular flexibility index (Phi) is 5.17. The summed E-state index contributed by atoms with van der Waals surface area (Å²) in [7, 11) is -3.54. The molecular weight excluding hydrogens is 388 g/mol. The van der Waals surface area contributed by atoms with E-state index in [-0.39, 0.29) is 4.90 Å². The van der Waals surface area contributed by atoms with Crippen LogP contribution in [0.25, 0.3) is 11.0 Å². The zero-order valence-electron chi connectivity index (χ0n) is 14.8. The molecule has 144 valence electrons. The van der Waals surface area contributed by atoms with Crippen LogP contribution in [0.2, 0.25) is 0 Å². The molecule has 0 bridgehead atoms. The van der Waals surface area contributed by atoms with Gasteiger partial charge in [0.1, 0.15) is 12.2 Å². The van der Waals surface area contributed by atoms with Gasteiger partial charge in [-0.25, -0.2) is 18.4 Å². The highest BCUT2D eigenvalue weighted by molar-refractivity contribution is 7.98. The van der Waals surface area contributed by atoms with Crippen LogP contribution >= 0.6 is 11.8 Å². The Morgan fingerprint density at radius 1 is 1.30 bits per heavy atom. The molecule has 4 rings (SSSR count). The molecule has 1 N–H and O–H groups in total. The summed E-state index contributed by atoms with van der Waals surface area (Å²) in [4.78, 5) is 9.05. The lowest BCUT2D eigenvalue weighted by Crippen LogP contribution is -2.40. The lowest BCUT2D eigenvalue weighted by atomic mass is 10.3. The molecule has 1 aliphatic rings. The maximum absolute atomic E-state index is 12.9. The quantitative estimate of drug-likeness (QED) is 0.616. The van der Waals surface area contributed by atoms with Crippen LogP contribution in [-0.4, -0.2) is 63.8 Å². The van der Waals surface area contributed by atoms with Crippen LogP contribution in [0.15, 0.2) is 34.6 Å². The minimum Gasteiger partial charge on any atom is -0.379 e. The Morgan fingerprint density at radius 2 is 2.11 bits per heavy atom. The molecule has 1 aliphatic heterocycles. The van der Waals surface area contributed by atoms with E-state index in [1.165, 1.54) is 22.4 Å². The highest BCUT2D eigenvalue weighted by atomic mass is 32.2. The highest BCUT2D eigenvalue weighted by Gasteiger charge is 2.27. The minimum absolute atomic E-state index is 0.270. The number of ether oxygens (including phenoxy) is 1. The van der Waals surface area contributed by atoms with E-state index >= 15 is 0 Å². The maximum atomic E-state index is 12.9. The molecule has 2 aromatic heterocycles. The van der Waals surface area contributed by atoms with Crippen molar-refractivity contribution >= 4 is 32.8 Å². The van der Waals surface area contributed by atoms with Gasteiger partial charge < -0.3 is 9.30 Å². The fourth-order valence-electron chi connectivity index (χ4n) is 3.12. The van der Waals surface area contributed by atoms with Crippen molar-refractivity contribution < 1.29 is 13.2 Å². The van der Waals surface area contributed by atoms with Gasteiger partial charge in [0.2, 0.25) is 10.0 Å². The first kappa shape index (κ1) is 18.4. The van der Waals surface area contributed by atoms with Crippen molar-refractivity contribution in [1.82, 2.24) is 29.0 Å². The minimum atomic E-state index is -3.54. The SMILES string of the molecule is CCn1c(CSc2ncn[nH]2)nc2cc(S(=O)(=O)N3CCOCC3)ccc21. The first-order chi connectivity index (χ1) is 13.1. The molecule has 0 spiro atoms. The highest BCUT2D eigenvalue weighted by Crippen LogP contribution is 2.26. The molecule has 0 aliphatic carbocycles. The fourth-order valence-corrected chi connectivity index (χ4v) is 5.27. The summed E-state index contributed by atoms with van der Waals surface area (Å²) in [5, 5.41) is 7.37. The van der Waals surface area contributed by atoms with Crippen molar-refractivity contribution in [1.29, 1.82) is 0 Å². The van der Waals surface area contributed by atoms with Gasteiger partial charge >= 0.3 is 0 Å². The molecule has 0 amide bonds. The molecule has 9 nitrogen and oxygen atoms in total. The molecule has 0 saturated carbocycles. The Balaban J connectivity index is 1.65. The van der Waals surface area contributed by atoms with Gasteiger partial charge in [0.15, 0.2) is 5.16 Å². The molecule has 11 heteroatoms. The van der Waals surface area contributed by atoms with Gasteiger partial charge in [-0.05, 0) is 25.1 Å². The summed E-state index contributed by atoms with van der Waals surface area (Å²) in [6.45, 7) is 4.40. The van der Waals surface area contributed by atoms with Crippen LogP contribution in [0.3, 0.4) is 0 Å². The molecule has 3 aromatic rings. The van der Waals surface area contributed by atoms with E-state index in [1.54, 1.807) is 12.1 Å².